The third kappa shape index (κ3) is 1.17. The van der Waals surface area contributed by atoms with Crippen LogP contribution in [0, 0.1) is 0 Å². The Bertz CT molecular complexity index is 193. The molecule has 0 saturated carbocycles. The van der Waals surface area contributed by atoms with Gasteiger partial charge in [0, 0.05) is 6.04 Å². The van der Waals surface area contributed by atoms with E-state index < -0.39 is 5.97 Å². The summed E-state index contributed by atoms with van der Waals surface area (Å²) in [6, 6.07) is -0.212. The van der Waals surface area contributed by atoms with Crippen LogP contribution in [0.3, 0.4) is 0 Å². The summed E-state index contributed by atoms with van der Waals surface area (Å²) in [7, 11) is 0. The molecule has 48 valence electrons. The van der Waals surface area contributed by atoms with Gasteiger partial charge in [0.25, 0.3) is 0 Å². The van der Waals surface area contributed by atoms with E-state index in [2.05, 4.69) is 0 Å². The monoisotopic (exact) mass is 125 g/mol. The molecule has 0 radical (unpaired) electrons. The molecule has 1 unspecified atom stereocenters. The quantitative estimate of drug-likeness (QED) is 0.514. The summed E-state index contributed by atoms with van der Waals surface area (Å²) >= 11 is 0. The third-order valence-corrected chi connectivity index (χ3v) is 1.12. The number of carbonyl (C=O) groups is 1. The molecule has 0 aliphatic heterocycles. The second-order valence-corrected chi connectivity index (χ2v) is 1.86. The highest BCUT2D eigenvalue weighted by Crippen LogP contribution is 2.06. The van der Waals surface area contributed by atoms with Crippen LogP contribution in [0.25, 0.3) is 0 Å². The largest absolute Gasteiger partial charge is 0.478 e. The average molecular weight is 125 g/mol. The standard InChI is InChI=1S/C6H7NO2/c7-5-2-1-4(3-5)6(8)9/h1-3,5H,7H2,(H,8,9). The Labute approximate surface area is 52.5 Å². The molecule has 1 atom stereocenters. The fourth-order valence-electron chi connectivity index (χ4n) is 0.676. The molecule has 9 heavy (non-hydrogen) atoms. The van der Waals surface area contributed by atoms with Crippen molar-refractivity contribution in [3.05, 3.63) is 23.8 Å². The zero-order chi connectivity index (χ0) is 6.85. The Morgan fingerprint density at radius 2 is 2.44 bits per heavy atom. The summed E-state index contributed by atoms with van der Waals surface area (Å²) in [6.45, 7) is 0. The molecule has 3 nitrogen and oxygen atoms in total. The van der Waals surface area contributed by atoms with E-state index in [9.17, 15) is 4.79 Å². The molecule has 0 aromatic heterocycles. The van der Waals surface area contributed by atoms with Gasteiger partial charge in [-0.2, -0.15) is 0 Å². The van der Waals surface area contributed by atoms with Crippen LogP contribution in [-0.2, 0) is 4.79 Å². The molecule has 0 bridgehead atoms. The van der Waals surface area contributed by atoms with E-state index in [1.807, 2.05) is 0 Å². The summed E-state index contributed by atoms with van der Waals surface area (Å²) in [6.07, 6.45) is 4.65. The van der Waals surface area contributed by atoms with E-state index in [-0.39, 0.29) is 11.6 Å². The minimum atomic E-state index is -0.917. The maximum Gasteiger partial charge on any atom is 0.335 e. The first kappa shape index (κ1) is 6.04. The van der Waals surface area contributed by atoms with Crippen molar-refractivity contribution in [3.8, 4) is 0 Å². The molecule has 3 heteroatoms. The fraction of sp³-hybridized carbons (Fsp3) is 0.167. The van der Waals surface area contributed by atoms with Gasteiger partial charge in [0.2, 0.25) is 0 Å². The molecule has 0 fully saturated rings. The number of hydrogen-bond acceptors (Lipinski definition) is 2. The highest BCUT2D eigenvalue weighted by Gasteiger charge is 2.09. The Kier molecular flexibility index (Phi) is 1.36. The van der Waals surface area contributed by atoms with Gasteiger partial charge in [-0.15, -0.1) is 0 Å². The van der Waals surface area contributed by atoms with Crippen LogP contribution in [0.1, 0.15) is 0 Å². The molecular formula is C6H7NO2. The number of nitrogens with two attached hydrogens (primary N) is 1. The lowest BCUT2D eigenvalue weighted by molar-refractivity contribution is -0.132. The molecule has 1 rings (SSSR count). The van der Waals surface area contributed by atoms with Gasteiger partial charge in [0.15, 0.2) is 0 Å². The molecule has 1 aliphatic rings. The van der Waals surface area contributed by atoms with Crippen LogP contribution in [0.15, 0.2) is 23.8 Å². The number of carboxylic acids is 1. The molecule has 0 saturated heterocycles. The molecule has 1 aliphatic carbocycles. The SMILES string of the molecule is NC1C=CC(C(=O)O)=C1. The Morgan fingerprint density at radius 3 is 2.67 bits per heavy atom. The molecule has 3 N–H and O–H groups in total. The first-order chi connectivity index (χ1) is 4.20. The first-order valence-electron chi connectivity index (χ1n) is 2.59. The lowest BCUT2D eigenvalue weighted by Crippen LogP contribution is -2.10. The summed E-state index contributed by atoms with van der Waals surface area (Å²) in [5.41, 5.74) is 5.62. The van der Waals surface area contributed by atoms with Gasteiger partial charge in [-0.3, -0.25) is 0 Å². The molecule has 0 heterocycles. The van der Waals surface area contributed by atoms with Crippen molar-refractivity contribution in [1.29, 1.82) is 0 Å². The van der Waals surface area contributed by atoms with Crippen molar-refractivity contribution in [2.75, 3.05) is 0 Å². The number of rotatable bonds is 1. The zero-order valence-corrected chi connectivity index (χ0v) is 4.74. The van der Waals surface area contributed by atoms with Crippen LogP contribution < -0.4 is 5.73 Å². The van der Waals surface area contributed by atoms with Crippen molar-refractivity contribution in [3.63, 3.8) is 0 Å². The number of aliphatic carboxylic acids is 1. The van der Waals surface area contributed by atoms with Crippen molar-refractivity contribution in [2.24, 2.45) is 5.73 Å². The zero-order valence-electron chi connectivity index (χ0n) is 4.74. The van der Waals surface area contributed by atoms with E-state index >= 15 is 0 Å². The Hall–Kier alpha value is -1.09. The Morgan fingerprint density at radius 1 is 1.78 bits per heavy atom. The maximum absolute atomic E-state index is 10.2. The average Bonchev–Trinajstić information content (AvgIpc) is 2.14. The fourth-order valence-corrected chi connectivity index (χ4v) is 0.676. The van der Waals surface area contributed by atoms with Gasteiger partial charge in [-0.05, 0) is 6.08 Å². The van der Waals surface area contributed by atoms with E-state index in [0.29, 0.717) is 0 Å². The number of carboxylic acid groups (broad SMARTS) is 1. The predicted molar refractivity (Wildman–Crippen MR) is 32.8 cm³/mol. The van der Waals surface area contributed by atoms with Crippen molar-refractivity contribution in [1.82, 2.24) is 0 Å². The van der Waals surface area contributed by atoms with Crippen molar-refractivity contribution in [2.45, 2.75) is 6.04 Å². The van der Waals surface area contributed by atoms with Gasteiger partial charge >= 0.3 is 5.97 Å². The topological polar surface area (TPSA) is 63.3 Å². The molecule has 0 spiro atoms. The van der Waals surface area contributed by atoms with E-state index in [1.165, 1.54) is 12.2 Å². The minimum Gasteiger partial charge on any atom is -0.478 e. The molecule has 0 amide bonds. The summed E-state index contributed by atoms with van der Waals surface area (Å²) < 4.78 is 0. The van der Waals surface area contributed by atoms with Crippen LogP contribution in [0.5, 0.6) is 0 Å². The molecule has 0 aromatic carbocycles. The number of hydrogen-bond donors (Lipinski definition) is 2. The lowest BCUT2D eigenvalue weighted by Gasteiger charge is -1.88. The summed E-state index contributed by atoms with van der Waals surface area (Å²) in [5.74, 6) is -0.917. The molecule has 0 aromatic rings. The van der Waals surface area contributed by atoms with Gasteiger partial charge < -0.3 is 10.8 Å². The van der Waals surface area contributed by atoms with Crippen LogP contribution in [-0.4, -0.2) is 17.1 Å². The second-order valence-electron chi connectivity index (χ2n) is 1.86. The summed E-state index contributed by atoms with van der Waals surface area (Å²) in [5, 5.41) is 8.36. The maximum atomic E-state index is 10.2. The minimum absolute atomic E-state index is 0.212. The predicted octanol–water partition coefficient (Wildman–Crippen LogP) is -0.106. The van der Waals surface area contributed by atoms with E-state index in [1.54, 1.807) is 6.08 Å². The second kappa shape index (κ2) is 2.03. The van der Waals surface area contributed by atoms with E-state index in [0.717, 1.165) is 0 Å². The van der Waals surface area contributed by atoms with Crippen LogP contribution in [0.2, 0.25) is 0 Å². The normalized spacial score (nSPS) is 24.1. The van der Waals surface area contributed by atoms with Gasteiger partial charge in [0.05, 0.1) is 5.57 Å². The van der Waals surface area contributed by atoms with Gasteiger partial charge in [0.1, 0.15) is 0 Å². The van der Waals surface area contributed by atoms with E-state index in [4.69, 9.17) is 10.8 Å². The first-order valence-corrected chi connectivity index (χ1v) is 2.59. The highest BCUT2D eigenvalue weighted by atomic mass is 16.4. The third-order valence-electron chi connectivity index (χ3n) is 1.12. The summed E-state index contributed by atoms with van der Waals surface area (Å²) in [4.78, 5) is 10.2. The van der Waals surface area contributed by atoms with Crippen molar-refractivity contribution >= 4 is 5.97 Å². The van der Waals surface area contributed by atoms with Gasteiger partial charge in [-0.1, -0.05) is 12.2 Å². The highest BCUT2D eigenvalue weighted by molar-refractivity contribution is 5.90. The smallest absolute Gasteiger partial charge is 0.335 e. The van der Waals surface area contributed by atoms with Crippen LogP contribution >= 0.6 is 0 Å². The lowest BCUT2D eigenvalue weighted by atomic mass is 10.3. The van der Waals surface area contributed by atoms with Crippen molar-refractivity contribution < 1.29 is 9.90 Å². The van der Waals surface area contributed by atoms with Crippen LogP contribution in [0.4, 0.5) is 0 Å². The van der Waals surface area contributed by atoms with Gasteiger partial charge in [-0.25, -0.2) is 4.79 Å². The molecular weight excluding hydrogens is 118 g/mol. The Balaban J connectivity index is 2.75.